The number of amides is 3. The largest absolute Gasteiger partial charge is 0.463 e. The molecule has 60 heavy (non-hydrogen) atoms. The number of fused-ring (bicyclic) bond motifs is 8. The second-order valence-corrected chi connectivity index (χ2v) is 15.7. The third kappa shape index (κ3) is 8.39. The number of rotatable bonds is 15. The molecule has 0 radical (unpaired) electrons. The predicted octanol–water partition coefficient (Wildman–Crippen LogP) is 4.11. The first-order valence-electron chi connectivity index (χ1n) is 20.9. The molecule has 3 aromatic heterocycles. The third-order valence-corrected chi connectivity index (χ3v) is 12.1. The van der Waals surface area contributed by atoms with Gasteiger partial charge in [0, 0.05) is 74.3 Å². The van der Waals surface area contributed by atoms with Crippen molar-refractivity contribution in [1.82, 2.24) is 35.1 Å². The van der Waals surface area contributed by atoms with Crippen LogP contribution in [0, 0.1) is 13.8 Å². The molecular weight excluding hydrogens is 769 g/mol. The normalized spacial score (nSPS) is 18.1. The summed E-state index contributed by atoms with van der Waals surface area (Å²) >= 11 is 0. The molecule has 8 bridgehead atoms. The van der Waals surface area contributed by atoms with E-state index in [0.29, 0.717) is 126 Å². The summed E-state index contributed by atoms with van der Waals surface area (Å²) in [5.74, 6) is -2.34. The number of hydrogen-bond donors (Lipinski definition) is 5. The van der Waals surface area contributed by atoms with E-state index in [0.717, 1.165) is 11.1 Å². The maximum atomic E-state index is 15.0. The van der Waals surface area contributed by atoms with Crippen molar-refractivity contribution in [1.29, 1.82) is 0 Å². The van der Waals surface area contributed by atoms with Crippen molar-refractivity contribution in [2.45, 2.75) is 65.7 Å². The number of aliphatic hydroxyl groups is 1. The lowest BCUT2D eigenvalue weighted by Crippen LogP contribution is -2.47. The number of nitrogens with zero attached hydrogens (tertiary/aromatic N) is 4. The summed E-state index contributed by atoms with van der Waals surface area (Å²) in [4.78, 5) is 77.1. The number of aromatic nitrogens is 4. The van der Waals surface area contributed by atoms with Crippen molar-refractivity contribution in [2.75, 3.05) is 78.9 Å². The zero-order valence-corrected chi connectivity index (χ0v) is 35.2. The number of aromatic amines is 2. The Bertz CT molecular complexity index is 2380. The van der Waals surface area contributed by atoms with Gasteiger partial charge < -0.3 is 40.3 Å². The number of nitrogens with two attached hydrogens (primary N) is 1. The van der Waals surface area contributed by atoms with Gasteiger partial charge in [-0.15, -0.1) is 0 Å². The van der Waals surface area contributed by atoms with E-state index in [2.05, 4.69) is 27.1 Å². The summed E-state index contributed by atoms with van der Waals surface area (Å²) in [6.07, 6.45) is 0.980. The highest BCUT2D eigenvalue weighted by molar-refractivity contribution is 6.23. The quantitative estimate of drug-likeness (QED) is 0.0832. The Morgan fingerprint density at radius 1 is 0.950 bits per heavy atom. The zero-order valence-electron chi connectivity index (χ0n) is 35.2. The monoisotopic (exact) mass is 824 g/mol. The van der Waals surface area contributed by atoms with Crippen molar-refractivity contribution >= 4 is 56.9 Å². The molecule has 7 rings (SSSR count). The van der Waals surface area contributed by atoms with E-state index in [4.69, 9.17) is 29.9 Å². The number of carbonyl (C=O) groups is 4. The van der Waals surface area contributed by atoms with E-state index in [1.165, 1.54) is 4.90 Å². The van der Waals surface area contributed by atoms with Crippen LogP contribution in [0.3, 0.4) is 0 Å². The molecule has 0 saturated carbocycles. The van der Waals surface area contributed by atoms with Gasteiger partial charge in [0.1, 0.15) is 6.61 Å². The standard InChI is InChI=1S/C44H56N8O8/c1-6-28-24(2)30-23-35-37(42(55)46-10-17-58-16-9-45)26(4)32(48-35)21-31-25(3)29(7-8-36(54)60-20-15-53)40(49-31)39-41-38(27(5)33(50-41)22-34(28)47-30)43(56)52(44(39)57)12-11-51-13-18-59-19-14-51/h21-23,25,29,48,50,53H,6-20,45H2,1-5H3,(H,46,55)/t25-,29-/m0/s1. The lowest BCUT2D eigenvalue weighted by Gasteiger charge is -2.31. The van der Waals surface area contributed by atoms with Gasteiger partial charge in [-0.3, -0.25) is 34.0 Å². The first kappa shape index (κ1) is 42.8. The molecule has 3 aromatic rings. The van der Waals surface area contributed by atoms with Crippen LogP contribution in [0.4, 0.5) is 0 Å². The molecule has 320 valence electrons. The Labute approximate surface area is 348 Å². The molecule has 1 fully saturated rings. The molecule has 0 spiro atoms. The number of imide groups is 1. The number of hydrogen-bond acceptors (Lipinski definition) is 12. The number of aliphatic hydroxyl groups excluding tert-OH is 1. The van der Waals surface area contributed by atoms with Gasteiger partial charge in [0.2, 0.25) is 0 Å². The fourth-order valence-electron chi connectivity index (χ4n) is 8.70. The highest BCUT2D eigenvalue weighted by Gasteiger charge is 2.41. The van der Waals surface area contributed by atoms with E-state index in [-0.39, 0.29) is 62.4 Å². The highest BCUT2D eigenvalue weighted by atomic mass is 16.5. The van der Waals surface area contributed by atoms with E-state index in [1.54, 1.807) is 0 Å². The smallest absolute Gasteiger partial charge is 0.305 e. The average molecular weight is 825 g/mol. The summed E-state index contributed by atoms with van der Waals surface area (Å²) in [5, 5.41) is 12.3. The first-order chi connectivity index (χ1) is 29.0. The Balaban J connectivity index is 1.48. The van der Waals surface area contributed by atoms with Crippen LogP contribution >= 0.6 is 0 Å². The van der Waals surface area contributed by atoms with Gasteiger partial charge in [-0.25, -0.2) is 4.98 Å². The molecule has 0 aromatic carbocycles. The molecule has 4 aliphatic heterocycles. The van der Waals surface area contributed by atoms with Gasteiger partial charge in [-0.1, -0.05) is 13.8 Å². The van der Waals surface area contributed by atoms with Crippen molar-refractivity contribution in [3.8, 4) is 0 Å². The summed E-state index contributed by atoms with van der Waals surface area (Å²) in [6, 6.07) is 5.72. The minimum atomic E-state index is -0.477. The summed E-state index contributed by atoms with van der Waals surface area (Å²) in [7, 11) is 0. The Morgan fingerprint density at radius 3 is 2.42 bits per heavy atom. The third-order valence-electron chi connectivity index (χ3n) is 12.1. The number of ether oxygens (including phenoxy) is 3. The van der Waals surface area contributed by atoms with Crippen LogP contribution in [-0.4, -0.2) is 137 Å². The molecule has 16 heteroatoms. The van der Waals surface area contributed by atoms with Gasteiger partial charge in [0.05, 0.1) is 77.8 Å². The number of morpholine rings is 1. The van der Waals surface area contributed by atoms with Gasteiger partial charge in [-0.2, -0.15) is 0 Å². The van der Waals surface area contributed by atoms with Crippen LogP contribution in [0.2, 0.25) is 0 Å². The molecular formula is C44H56N8O8. The molecule has 0 aliphatic carbocycles. The SMILES string of the molecule is CCC1=C(C)c2cc3[nH]c(cc4nc(c5c6[nH]c(cc1n2)c(C)c6C(=O)N(CCN1CCOCC1)C5=O)[C@@H](CCC(=O)OCCO)[C@@H]4C)c(C)c3C(=O)NCCOCCN. The van der Waals surface area contributed by atoms with Crippen LogP contribution in [0.1, 0.15) is 117 Å². The van der Waals surface area contributed by atoms with Gasteiger partial charge in [-0.05, 0) is 74.1 Å². The molecule has 1 saturated heterocycles. The molecule has 7 heterocycles. The summed E-state index contributed by atoms with van der Waals surface area (Å²) in [6.45, 7) is 14.0. The number of carbonyl (C=O) groups excluding carboxylic acids is 4. The Morgan fingerprint density at radius 2 is 1.68 bits per heavy atom. The summed E-state index contributed by atoms with van der Waals surface area (Å²) in [5.41, 5.74) is 14.8. The van der Waals surface area contributed by atoms with Crippen molar-refractivity contribution in [3.05, 3.63) is 68.8 Å². The van der Waals surface area contributed by atoms with E-state index in [9.17, 15) is 24.3 Å². The van der Waals surface area contributed by atoms with Crippen molar-refractivity contribution in [3.63, 3.8) is 0 Å². The maximum absolute atomic E-state index is 15.0. The molecule has 2 atom stereocenters. The number of esters is 1. The second-order valence-electron chi connectivity index (χ2n) is 15.7. The Hall–Kier alpha value is -5.26. The number of allylic oxidation sites excluding steroid dienone is 2. The fraction of sp³-hybridized carbons (Fsp3) is 0.500. The molecule has 4 aliphatic rings. The first-order valence-corrected chi connectivity index (χ1v) is 20.9. The van der Waals surface area contributed by atoms with Crippen LogP contribution < -0.4 is 11.1 Å². The van der Waals surface area contributed by atoms with Crippen molar-refractivity contribution < 1.29 is 38.5 Å². The Kier molecular flexibility index (Phi) is 13.3. The van der Waals surface area contributed by atoms with E-state index < -0.39 is 17.8 Å². The predicted molar refractivity (Wildman–Crippen MR) is 227 cm³/mol. The van der Waals surface area contributed by atoms with Crippen LogP contribution in [0.15, 0.2) is 18.2 Å². The summed E-state index contributed by atoms with van der Waals surface area (Å²) < 4.78 is 16.3. The van der Waals surface area contributed by atoms with Gasteiger partial charge >= 0.3 is 5.97 Å². The lowest BCUT2D eigenvalue weighted by molar-refractivity contribution is -0.144. The zero-order chi connectivity index (χ0) is 42.7. The van der Waals surface area contributed by atoms with Crippen LogP contribution in [-0.2, 0) is 19.0 Å². The van der Waals surface area contributed by atoms with E-state index in [1.807, 2.05) is 45.9 Å². The molecule has 16 nitrogen and oxygen atoms in total. The molecule has 3 amide bonds. The molecule has 6 N–H and O–H groups in total. The van der Waals surface area contributed by atoms with Crippen molar-refractivity contribution in [2.24, 2.45) is 5.73 Å². The van der Waals surface area contributed by atoms with E-state index >= 15 is 0 Å². The topological polar surface area (TPSA) is 218 Å². The molecule has 0 unspecified atom stereocenters. The van der Waals surface area contributed by atoms with Gasteiger partial charge in [0.15, 0.2) is 0 Å². The number of aryl methyl sites for hydroxylation is 2. The van der Waals surface area contributed by atoms with Gasteiger partial charge in [0.25, 0.3) is 17.7 Å². The highest BCUT2D eigenvalue weighted by Crippen LogP contribution is 2.44. The minimum absolute atomic E-state index is 0.0158. The lowest BCUT2D eigenvalue weighted by atomic mass is 9.84. The van der Waals surface area contributed by atoms with Crippen LogP contribution in [0.25, 0.3) is 33.2 Å². The minimum Gasteiger partial charge on any atom is -0.463 e. The van der Waals surface area contributed by atoms with Crippen LogP contribution in [0.5, 0.6) is 0 Å². The number of H-pyrrole nitrogens is 2. The average Bonchev–Trinajstić information content (AvgIpc) is 3.92. The second kappa shape index (κ2) is 18.6. The maximum Gasteiger partial charge on any atom is 0.305 e. The fourth-order valence-corrected chi connectivity index (χ4v) is 8.70. The number of nitrogens with one attached hydrogen (secondary N) is 3.